The molecule has 1 aromatic heterocycles. The average molecular weight is 234 g/mol. The van der Waals surface area contributed by atoms with Crippen LogP contribution < -0.4 is 10.5 Å². The first-order valence-corrected chi connectivity index (χ1v) is 6.10. The summed E-state index contributed by atoms with van der Waals surface area (Å²) in [6.45, 7) is 0.710. The molecule has 0 spiro atoms. The van der Waals surface area contributed by atoms with Crippen LogP contribution in [0.4, 0.5) is 5.13 Å². The van der Waals surface area contributed by atoms with Crippen LogP contribution in [0.1, 0.15) is 12.1 Å². The second-order valence-electron chi connectivity index (χ2n) is 3.44. The number of benzene rings is 1. The molecule has 0 aliphatic heterocycles. The predicted octanol–water partition coefficient (Wildman–Crippen LogP) is 2.74. The van der Waals surface area contributed by atoms with Gasteiger partial charge in [-0.3, -0.25) is 0 Å². The fraction of sp³-hybridized carbons (Fsp3) is 0.250. The van der Waals surface area contributed by atoms with Gasteiger partial charge in [0.05, 0.1) is 12.3 Å². The topological polar surface area (TPSA) is 48.1 Å². The smallest absolute Gasteiger partial charge is 0.180 e. The Labute approximate surface area is 98.9 Å². The van der Waals surface area contributed by atoms with Gasteiger partial charge in [0.2, 0.25) is 0 Å². The van der Waals surface area contributed by atoms with Gasteiger partial charge in [-0.15, -0.1) is 11.3 Å². The van der Waals surface area contributed by atoms with Crippen LogP contribution in [0.2, 0.25) is 0 Å². The van der Waals surface area contributed by atoms with Crippen molar-refractivity contribution in [2.45, 2.75) is 12.8 Å². The van der Waals surface area contributed by atoms with Gasteiger partial charge in [-0.2, -0.15) is 0 Å². The third-order valence-corrected chi connectivity index (χ3v) is 2.88. The Morgan fingerprint density at radius 1 is 1.25 bits per heavy atom. The van der Waals surface area contributed by atoms with Gasteiger partial charge in [-0.1, -0.05) is 18.2 Å². The quantitative estimate of drug-likeness (QED) is 0.809. The monoisotopic (exact) mass is 234 g/mol. The standard InChI is InChI=1S/C12H14N2OS/c13-12-14-10(9-16-12)5-4-8-15-11-6-2-1-3-7-11/h1-3,6-7,9H,4-5,8H2,(H2,13,14). The highest BCUT2D eigenvalue weighted by Gasteiger charge is 1.98. The molecule has 0 fully saturated rings. The highest BCUT2D eigenvalue weighted by Crippen LogP contribution is 2.13. The van der Waals surface area contributed by atoms with Gasteiger partial charge in [0.1, 0.15) is 5.75 Å². The molecule has 0 aliphatic carbocycles. The van der Waals surface area contributed by atoms with Crippen molar-refractivity contribution >= 4 is 16.5 Å². The summed E-state index contributed by atoms with van der Waals surface area (Å²) in [6, 6.07) is 9.83. The third kappa shape index (κ3) is 3.24. The van der Waals surface area contributed by atoms with Gasteiger partial charge >= 0.3 is 0 Å². The number of hydrogen-bond acceptors (Lipinski definition) is 4. The number of nitrogens with two attached hydrogens (primary N) is 1. The number of thiazole rings is 1. The van der Waals surface area contributed by atoms with Crippen molar-refractivity contribution in [2.24, 2.45) is 0 Å². The van der Waals surface area contributed by atoms with Gasteiger partial charge in [-0.05, 0) is 25.0 Å². The van der Waals surface area contributed by atoms with Crippen LogP contribution in [0.3, 0.4) is 0 Å². The maximum absolute atomic E-state index is 5.58. The maximum Gasteiger partial charge on any atom is 0.180 e. The lowest BCUT2D eigenvalue weighted by molar-refractivity contribution is 0.310. The van der Waals surface area contributed by atoms with E-state index in [1.807, 2.05) is 35.7 Å². The van der Waals surface area contributed by atoms with Crippen LogP contribution >= 0.6 is 11.3 Å². The highest BCUT2D eigenvalue weighted by molar-refractivity contribution is 7.13. The highest BCUT2D eigenvalue weighted by atomic mass is 32.1. The second-order valence-corrected chi connectivity index (χ2v) is 4.33. The lowest BCUT2D eigenvalue weighted by Gasteiger charge is -2.04. The summed E-state index contributed by atoms with van der Waals surface area (Å²) in [4.78, 5) is 4.20. The Kier molecular flexibility index (Phi) is 3.77. The molecule has 16 heavy (non-hydrogen) atoms. The average Bonchev–Trinajstić information content (AvgIpc) is 2.72. The van der Waals surface area contributed by atoms with E-state index >= 15 is 0 Å². The Morgan fingerprint density at radius 2 is 2.06 bits per heavy atom. The molecule has 0 amide bonds. The Balaban J connectivity index is 1.69. The van der Waals surface area contributed by atoms with Crippen LogP contribution in [0.25, 0.3) is 0 Å². The van der Waals surface area contributed by atoms with E-state index < -0.39 is 0 Å². The van der Waals surface area contributed by atoms with Crippen molar-refractivity contribution < 1.29 is 4.74 Å². The molecule has 0 saturated heterocycles. The molecule has 0 saturated carbocycles. The number of aromatic nitrogens is 1. The van der Waals surface area contributed by atoms with E-state index in [-0.39, 0.29) is 0 Å². The maximum atomic E-state index is 5.58. The first-order chi connectivity index (χ1) is 7.84. The molecular formula is C12H14N2OS. The van der Waals surface area contributed by atoms with Crippen molar-refractivity contribution in [2.75, 3.05) is 12.3 Å². The zero-order chi connectivity index (χ0) is 11.2. The van der Waals surface area contributed by atoms with Crippen molar-refractivity contribution in [1.29, 1.82) is 0 Å². The molecule has 1 heterocycles. The number of aryl methyl sites for hydroxylation is 1. The number of nitrogens with zero attached hydrogens (tertiary/aromatic N) is 1. The summed E-state index contributed by atoms with van der Waals surface area (Å²) in [5.41, 5.74) is 6.60. The summed E-state index contributed by atoms with van der Waals surface area (Å²) >= 11 is 1.48. The lowest BCUT2D eigenvalue weighted by Crippen LogP contribution is -1.99. The fourth-order valence-corrected chi connectivity index (χ4v) is 1.99. The van der Waals surface area contributed by atoms with E-state index in [4.69, 9.17) is 10.5 Å². The minimum Gasteiger partial charge on any atom is -0.494 e. The summed E-state index contributed by atoms with van der Waals surface area (Å²) in [5, 5.41) is 2.64. The van der Waals surface area contributed by atoms with E-state index in [0.29, 0.717) is 11.7 Å². The summed E-state index contributed by atoms with van der Waals surface area (Å²) < 4.78 is 5.58. The molecule has 0 bridgehead atoms. The SMILES string of the molecule is Nc1nc(CCCOc2ccccc2)cs1. The first kappa shape index (κ1) is 11.0. The van der Waals surface area contributed by atoms with E-state index in [2.05, 4.69) is 4.98 Å². The molecular weight excluding hydrogens is 220 g/mol. The van der Waals surface area contributed by atoms with Gasteiger partial charge < -0.3 is 10.5 Å². The van der Waals surface area contributed by atoms with E-state index in [1.54, 1.807) is 0 Å². The zero-order valence-corrected chi connectivity index (χ0v) is 9.74. The van der Waals surface area contributed by atoms with E-state index in [9.17, 15) is 0 Å². The van der Waals surface area contributed by atoms with Crippen LogP contribution in [-0.2, 0) is 6.42 Å². The number of nitrogen functional groups attached to an aromatic ring is 1. The first-order valence-electron chi connectivity index (χ1n) is 5.22. The van der Waals surface area contributed by atoms with E-state index in [1.165, 1.54) is 11.3 Å². The molecule has 0 radical (unpaired) electrons. The molecule has 2 aromatic rings. The van der Waals surface area contributed by atoms with Gasteiger partial charge in [0.25, 0.3) is 0 Å². The minimum atomic E-state index is 0.638. The second kappa shape index (κ2) is 5.51. The van der Waals surface area contributed by atoms with Crippen LogP contribution in [0.5, 0.6) is 5.75 Å². The molecule has 0 aliphatic rings. The van der Waals surface area contributed by atoms with Crippen molar-refractivity contribution in [1.82, 2.24) is 4.98 Å². The molecule has 84 valence electrons. The molecule has 1 aromatic carbocycles. The van der Waals surface area contributed by atoms with Gasteiger partial charge in [0, 0.05) is 5.38 Å². The molecule has 2 rings (SSSR count). The Bertz CT molecular complexity index is 428. The van der Waals surface area contributed by atoms with Gasteiger partial charge in [0.15, 0.2) is 5.13 Å². The number of rotatable bonds is 5. The fourth-order valence-electron chi connectivity index (χ4n) is 1.40. The minimum absolute atomic E-state index is 0.638. The number of hydrogen-bond donors (Lipinski definition) is 1. The Morgan fingerprint density at radius 3 is 2.75 bits per heavy atom. The van der Waals surface area contributed by atoms with E-state index in [0.717, 1.165) is 24.3 Å². The van der Waals surface area contributed by atoms with Crippen LogP contribution in [0, 0.1) is 0 Å². The molecule has 0 unspecified atom stereocenters. The summed E-state index contributed by atoms with van der Waals surface area (Å²) in [6.07, 6.45) is 1.87. The molecule has 2 N–H and O–H groups in total. The third-order valence-electron chi connectivity index (χ3n) is 2.16. The predicted molar refractivity (Wildman–Crippen MR) is 66.8 cm³/mol. The molecule has 0 atom stereocenters. The van der Waals surface area contributed by atoms with Crippen molar-refractivity contribution in [3.8, 4) is 5.75 Å². The molecule has 3 nitrogen and oxygen atoms in total. The van der Waals surface area contributed by atoms with Crippen LogP contribution in [-0.4, -0.2) is 11.6 Å². The molecule has 4 heteroatoms. The lowest BCUT2D eigenvalue weighted by atomic mass is 10.3. The van der Waals surface area contributed by atoms with Crippen LogP contribution in [0.15, 0.2) is 35.7 Å². The summed E-state index contributed by atoms with van der Waals surface area (Å²) in [7, 11) is 0. The van der Waals surface area contributed by atoms with Crippen molar-refractivity contribution in [3.63, 3.8) is 0 Å². The largest absolute Gasteiger partial charge is 0.494 e. The number of ether oxygens (including phenoxy) is 1. The normalized spacial score (nSPS) is 10.2. The zero-order valence-electron chi connectivity index (χ0n) is 8.93. The van der Waals surface area contributed by atoms with Crippen molar-refractivity contribution in [3.05, 3.63) is 41.4 Å². The number of para-hydroxylation sites is 1. The van der Waals surface area contributed by atoms with Gasteiger partial charge in [-0.25, -0.2) is 4.98 Å². The Hall–Kier alpha value is -1.55. The number of anilines is 1. The summed E-state index contributed by atoms with van der Waals surface area (Å²) in [5.74, 6) is 0.917.